The molecule has 32 heavy (non-hydrogen) atoms. The van der Waals surface area contributed by atoms with Crippen molar-refractivity contribution in [1.82, 2.24) is 0 Å². The van der Waals surface area contributed by atoms with Gasteiger partial charge in [-0.15, -0.1) is 0 Å². The van der Waals surface area contributed by atoms with Gasteiger partial charge in [0.05, 0.1) is 11.4 Å². The third-order valence-electron chi connectivity index (χ3n) is 5.16. The zero-order valence-electron chi connectivity index (χ0n) is 19.9. The molecule has 0 unspecified atom stereocenters. The maximum atomic E-state index is 4.84. The fraction of sp³-hybridized carbons (Fsp3) is 0.481. The molecule has 0 N–H and O–H groups in total. The van der Waals surface area contributed by atoms with E-state index in [-0.39, 0.29) is 7.43 Å². The first-order valence-corrected chi connectivity index (χ1v) is 15.7. The number of rotatable bonds is 7. The van der Waals surface area contributed by atoms with Gasteiger partial charge >= 0.3 is 39.3 Å². The van der Waals surface area contributed by atoms with Crippen LogP contribution in [0.25, 0.3) is 0 Å². The van der Waals surface area contributed by atoms with E-state index in [9.17, 15) is 0 Å². The van der Waals surface area contributed by atoms with Crippen LogP contribution in [-0.4, -0.2) is 12.4 Å². The topological polar surface area (TPSA) is 24.7 Å². The third-order valence-corrected chi connectivity index (χ3v) is 5.16. The molecule has 0 aliphatic heterocycles. The molecule has 2 aromatic carbocycles. The third kappa shape index (κ3) is 9.23. The quantitative estimate of drug-likeness (QED) is 0.220. The summed E-state index contributed by atoms with van der Waals surface area (Å²) in [5.41, 5.74) is 7.37. The van der Waals surface area contributed by atoms with E-state index in [4.69, 9.17) is 9.98 Å². The Morgan fingerprint density at radius 3 is 1.00 bits per heavy atom. The van der Waals surface area contributed by atoms with E-state index >= 15 is 0 Å². The van der Waals surface area contributed by atoms with Gasteiger partial charge in [0.25, 0.3) is 0 Å². The Morgan fingerprint density at radius 2 is 0.812 bits per heavy atom. The number of para-hydroxylation sites is 2. The van der Waals surface area contributed by atoms with Crippen molar-refractivity contribution < 1.29 is 10.9 Å². The number of benzene rings is 2. The van der Waals surface area contributed by atoms with Crippen molar-refractivity contribution in [2.45, 2.75) is 86.5 Å². The minimum absolute atomic E-state index is 0. The van der Waals surface area contributed by atoms with E-state index in [1.165, 1.54) is 33.2 Å². The van der Waals surface area contributed by atoms with Gasteiger partial charge in [0.15, 0.2) is 0 Å². The van der Waals surface area contributed by atoms with Crippen molar-refractivity contribution in [3.63, 3.8) is 0 Å². The van der Waals surface area contributed by atoms with Gasteiger partial charge in [0.1, 0.15) is 0 Å². The van der Waals surface area contributed by atoms with Crippen LogP contribution >= 0.6 is 28.5 Å². The Kier molecular flexibility index (Phi) is 15.6. The summed E-state index contributed by atoms with van der Waals surface area (Å²) in [5, 5.41) is 0. The average molecular weight is 611 g/mol. The number of hydrogen-bond acceptors (Lipinski definition) is 2. The first kappa shape index (κ1) is 31.2. The second kappa shape index (κ2) is 16.0. The van der Waals surface area contributed by atoms with Gasteiger partial charge < -0.3 is 0 Å². The molecule has 0 fully saturated rings. The molecule has 0 radical (unpaired) electrons. The molecule has 0 aromatic heterocycles. The molecule has 0 spiro atoms. The normalized spacial score (nSPS) is 11.7. The van der Waals surface area contributed by atoms with Crippen molar-refractivity contribution in [1.29, 1.82) is 0 Å². The van der Waals surface area contributed by atoms with Gasteiger partial charge in [0.2, 0.25) is 0 Å². The minimum atomic E-state index is 0. The zero-order chi connectivity index (χ0) is 23.6. The second-order valence-electron chi connectivity index (χ2n) is 8.79. The van der Waals surface area contributed by atoms with Crippen LogP contribution in [0.2, 0.25) is 0 Å². The molecule has 5 heteroatoms. The summed E-state index contributed by atoms with van der Waals surface area (Å²) >= 11 is 6.00. The van der Waals surface area contributed by atoms with Crippen LogP contribution < -0.4 is 0 Å². The Labute approximate surface area is 217 Å². The summed E-state index contributed by atoms with van der Waals surface area (Å²) in [5.74, 6) is 1.77. The van der Waals surface area contributed by atoms with Crippen molar-refractivity contribution in [3.05, 3.63) is 58.7 Å². The Hall–Kier alpha value is -0.766. The Morgan fingerprint density at radius 1 is 0.594 bits per heavy atom. The van der Waals surface area contributed by atoms with Gasteiger partial charge in [-0.1, -0.05) is 99.2 Å². The van der Waals surface area contributed by atoms with Gasteiger partial charge in [-0.2, -0.15) is 0 Å². The first-order chi connectivity index (χ1) is 14.6. The van der Waals surface area contributed by atoms with Crippen LogP contribution in [0.3, 0.4) is 0 Å². The predicted molar refractivity (Wildman–Crippen MR) is 150 cm³/mol. The summed E-state index contributed by atoms with van der Waals surface area (Å²) in [7, 11) is 1.25. The molecule has 182 valence electrons. The maximum absolute atomic E-state index is 4.84. The molecular formula is C27H40Br2N2Ni. The van der Waals surface area contributed by atoms with Gasteiger partial charge in [-0.25, -0.2) is 0 Å². The second-order valence-corrected chi connectivity index (χ2v) is 13.8. The van der Waals surface area contributed by atoms with Crippen LogP contribution in [0.15, 0.2) is 46.4 Å². The van der Waals surface area contributed by atoms with Crippen LogP contribution in [0.4, 0.5) is 11.4 Å². The summed E-state index contributed by atoms with van der Waals surface area (Å²) < 4.78 is 0. The molecule has 2 rings (SSSR count). The number of halogens is 2. The fourth-order valence-electron chi connectivity index (χ4n) is 3.54. The number of hydrogen-bond donors (Lipinski definition) is 0. The molecule has 0 aliphatic carbocycles. The van der Waals surface area contributed by atoms with E-state index in [0.717, 1.165) is 11.4 Å². The zero-order valence-corrected chi connectivity index (χ0v) is 24.1. The molecule has 2 aromatic rings. The molecule has 0 saturated heterocycles. The first-order valence-electron chi connectivity index (χ1n) is 10.8. The van der Waals surface area contributed by atoms with E-state index in [0.29, 0.717) is 23.7 Å². The average Bonchev–Trinajstić information content (AvgIpc) is 2.71. The fourth-order valence-corrected chi connectivity index (χ4v) is 3.54. The monoisotopic (exact) mass is 608 g/mol. The molecule has 0 aliphatic rings. The van der Waals surface area contributed by atoms with Crippen LogP contribution in [0, 0.1) is 0 Å². The number of nitrogens with zero attached hydrogens (tertiary/aromatic N) is 2. The van der Waals surface area contributed by atoms with E-state index < -0.39 is 0 Å². The van der Waals surface area contributed by atoms with Crippen LogP contribution in [-0.2, 0) is 10.9 Å². The summed E-state index contributed by atoms with van der Waals surface area (Å²) in [6, 6.07) is 13.0. The summed E-state index contributed by atoms with van der Waals surface area (Å²) in [6.07, 6.45) is 3.71. The van der Waals surface area contributed by atoms with Crippen molar-refractivity contribution >= 4 is 52.3 Å². The molecule has 0 amide bonds. The SMILES string of the molecule is C.CC(C)c1cccc(C(C)C)c1N=CC=Nc1c(C(C)C)cccc1C(C)C.[Br][Ni][Br]. The molecule has 0 saturated carbocycles. The molecule has 0 heterocycles. The van der Waals surface area contributed by atoms with Crippen molar-refractivity contribution in [3.8, 4) is 0 Å². The van der Waals surface area contributed by atoms with Gasteiger partial charge in [0, 0.05) is 12.4 Å². The van der Waals surface area contributed by atoms with E-state index in [1.807, 2.05) is 12.4 Å². The molecule has 2 nitrogen and oxygen atoms in total. The molecule has 0 bridgehead atoms. The Bertz CT molecular complexity index is 748. The van der Waals surface area contributed by atoms with Crippen molar-refractivity contribution in [2.75, 3.05) is 0 Å². The van der Waals surface area contributed by atoms with Gasteiger partial charge in [-0.3, -0.25) is 9.98 Å². The summed E-state index contributed by atoms with van der Waals surface area (Å²) in [6.45, 7) is 17.8. The molecular weight excluding hydrogens is 571 g/mol. The van der Waals surface area contributed by atoms with E-state index in [2.05, 4.69) is 120 Å². The molecule has 0 atom stereocenters. The Balaban J connectivity index is 0.00000227. The van der Waals surface area contributed by atoms with Crippen molar-refractivity contribution in [2.24, 2.45) is 9.98 Å². The standard InChI is InChI=1S/C26H36N2.CH4.2BrH.Ni/c1-17(2)21-11-9-12-22(18(3)4)25(21)27-15-16-28-26-23(19(5)6)13-10-14-24(26)20(7)8;;;;/h9-20H,1-8H3;1H4;2*1H;/q;;;;+2/p-2. The predicted octanol–water partition coefficient (Wildman–Crippen LogP) is 10.6. The van der Waals surface area contributed by atoms with Crippen LogP contribution in [0.5, 0.6) is 0 Å². The summed E-state index contributed by atoms with van der Waals surface area (Å²) in [4.78, 5) is 9.68. The van der Waals surface area contributed by atoms with E-state index in [1.54, 1.807) is 0 Å². The van der Waals surface area contributed by atoms with Gasteiger partial charge in [-0.05, 0) is 45.9 Å². The number of aliphatic imine (C=N–C) groups is 2. The van der Waals surface area contributed by atoms with Crippen LogP contribution in [0.1, 0.15) is 109 Å².